The molecule has 0 aliphatic heterocycles. The smallest absolute Gasteiger partial charge is 0.263 e. The molecule has 6 heteroatoms. The summed E-state index contributed by atoms with van der Waals surface area (Å²) in [6, 6.07) is 7.81. The zero-order valence-electron chi connectivity index (χ0n) is 15.4. The van der Waals surface area contributed by atoms with Crippen LogP contribution in [0.25, 0.3) is 10.8 Å². The van der Waals surface area contributed by atoms with Gasteiger partial charge in [-0.2, -0.15) is 0 Å². The van der Waals surface area contributed by atoms with Gasteiger partial charge in [0, 0.05) is 43.0 Å². The first kappa shape index (κ1) is 17.8. The number of hydrogen-bond donors (Lipinski definition) is 1. The molecule has 26 heavy (non-hydrogen) atoms. The Morgan fingerprint density at radius 2 is 1.96 bits per heavy atom. The number of carbonyl (C=O) groups is 1. The summed E-state index contributed by atoms with van der Waals surface area (Å²) in [6.45, 7) is 6.25. The Morgan fingerprint density at radius 3 is 2.65 bits per heavy atom. The number of carbonyl (C=O) groups excluding carboxylic acids is 1. The fourth-order valence-corrected chi connectivity index (χ4v) is 2.79. The van der Waals surface area contributed by atoms with E-state index in [0.717, 1.165) is 16.3 Å². The van der Waals surface area contributed by atoms with E-state index in [1.165, 1.54) is 11.1 Å². The Labute approximate surface area is 151 Å². The zero-order chi connectivity index (χ0) is 18.9. The molecule has 0 aliphatic rings. The van der Waals surface area contributed by atoms with Gasteiger partial charge in [0.25, 0.3) is 11.5 Å². The standard InChI is InChI=1S/C20H22N4O2/c1-20(2,3)19-22-11-16(17(25)23-19)18(26)24(4)12-14-7-5-6-13-10-21-9-8-15(13)14/h5-11H,12H2,1-4H3,(H,22,23,25). The van der Waals surface area contributed by atoms with Crippen LogP contribution in [0.3, 0.4) is 0 Å². The minimum Gasteiger partial charge on any atom is -0.337 e. The van der Waals surface area contributed by atoms with Gasteiger partial charge in [-0.1, -0.05) is 39.0 Å². The number of hydrogen-bond acceptors (Lipinski definition) is 4. The van der Waals surface area contributed by atoms with E-state index in [0.29, 0.717) is 12.4 Å². The van der Waals surface area contributed by atoms with Gasteiger partial charge < -0.3 is 9.88 Å². The molecule has 1 aromatic carbocycles. The minimum absolute atomic E-state index is 0.0439. The fraction of sp³-hybridized carbons (Fsp3) is 0.300. The van der Waals surface area contributed by atoms with Crippen LogP contribution in [-0.4, -0.2) is 32.8 Å². The zero-order valence-corrected chi connectivity index (χ0v) is 15.4. The number of nitrogens with zero attached hydrogens (tertiary/aromatic N) is 3. The minimum atomic E-state index is -0.413. The molecule has 0 fully saturated rings. The number of aromatic nitrogens is 3. The Bertz CT molecular complexity index is 1010. The summed E-state index contributed by atoms with van der Waals surface area (Å²) in [7, 11) is 1.68. The molecule has 2 heterocycles. The second-order valence-electron chi connectivity index (χ2n) is 7.40. The largest absolute Gasteiger partial charge is 0.337 e. The van der Waals surface area contributed by atoms with Crippen LogP contribution in [-0.2, 0) is 12.0 Å². The van der Waals surface area contributed by atoms with Crippen LogP contribution in [0.2, 0.25) is 0 Å². The number of rotatable bonds is 3. The van der Waals surface area contributed by atoms with Gasteiger partial charge in [-0.3, -0.25) is 14.6 Å². The molecular formula is C20H22N4O2. The van der Waals surface area contributed by atoms with E-state index < -0.39 is 5.56 Å². The lowest BCUT2D eigenvalue weighted by Crippen LogP contribution is -2.33. The van der Waals surface area contributed by atoms with Gasteiger partial charge in [-0.05, 0) is 17.0 Å². The fourth-order valence-electron chi connectivity index (χ4n) is 2.79. The van der Waals surface area contributed by atoms with Crippen LogP contribution in [0.4, 0.5) is 0 Å². The maximum absolute atomic E-state index is 12.7. The van der Waals surface area contributed by atoms with Crippen molar-refractivity contribution in [2.75, 3.05) is 7.05 Å². The predicted octanol–water partition coefficient (Wildman–Crippen LogP) is 2.89. The maximum Gasteiger partial charge on any atom is 0.263 e. The third-order valence-corrected chi connectivity index (χ3v) is 4.27. The number of pyridine rings is 1. The summed E-state index contributed by atoms with van der Waals surface area (Å²) in [5.41, 5.74) is 0.339. The second kappa shape index (κ2) is 6.71. The molecule has 0 atom stereocenters. The van der Waals surface area contributed by atoms with Crippen LogP contribution in [0, 0.1) is 0 Å². The molecule has 1 amide bonds. The molecule has 6 nitrogen and oxygen atoms in total. The van der Waals surface area contributed by atoms with E-state index in [-0.39, 0.29) is 16.9 Å². The summed E-state index contributed by atoms with van der Waals surface area (Å²) in [5, 5.41) is 2.05. The highest BCUT2D eigenvalue weighted by molar-refractivity contribution is 5.93. The molecule has 0 unspecified atom stereocenters. The van der Waals surface area contributed by atoms with E-state index in [4.69, 9.17) is 0 Å². The van der Waals surface area contributed by atoms with Crippen molar-refractivity contribution < 1.29 is 4.79 Å². The molecule has 3 aromatic rings. The number of fused-ring (bicyclic) bond motifs is 1. The molecule has 0 spiro atoms. The van der Waals surface area contributed by atoms with Crippen LogP contribution in [0.1, 0.15) is 42.5 Å². The van der Waals surface area contributed by atoms with Crippen molar-refractivity contribution in [3.05, 3.63) is 70.2 Å². The summed E-state index contributed by atoms with van der Waals surface area (Å²) < 4.78 is 0. The molecule has 0 bridgehead atoms. The lowest BCUT2D eigenvalue weighted by molar-refractivity contribution is 0.0783. The van der Waals surface area contributed by atoms with Gasteiger partial charge in [-0.15, -0.1) is 0 Å². The molecule has 0 saturated carbocycles. The third-order valence-electron chi connectivity index (χ3n) is 4.27. The maximum atomic E-state index is 12.7. The van der Waals surface area contributed by atoms with Gasteiger partial charge in [0.2, 0.25) is 0 Å². The highest BCUT2D eigenvalue weighted by Gasteiger charge is 2.21. The number of amides is 1. The summed E-state index contributed by atoms with van der Waals surface area (Å²) in [4.78, 5) is 37.7. The average Bonchev–Trinajstić information content (AvgIpc) is 2.60. The molecule has 3 rings (SSSR count). The van der Waals surface area contributed by atoms with Crippen molar-refractivity contribution in [2.24, 2.45) is 0 Å². The topological polar surface area (TPSA) is 79.0 Å². The van der Waals surface area contributed by atoms with Crippen LogP contribution in [0.5, 0.6) is 0 Å². The molecule has 2 aromatic heterocycles. The molecule has 134 valence electrons. The normalized spacial score (nSPS) is 11.5. The van der Waals surface area contributed by atoms with Gasteiger partial charge in [0.15, 0.2) is 0 Å². The lowest BCUT2D eigenvalue weighted by atomic mass is 9.96. The number of benzene rings is 1. The number of H-pyrrole nitrogens is 1. The van der Waals surface area contributed by atoms with Gasteiger partial charge in [0.05, 0.1) is 0 Å². The Hall–Kier alpha value is -3.02. The van der Waals surface area contributed by atoms with Gasteiger partial charge in [0.1, 0.15) is 11.4 Å². The molecule has 1 N–H and O–H groups in total. The second-order valence-corrected chi connectivity index (χ2v) is 7.40. The van der Waals surface area contributed by atoms with Crippen molar-refractivity contribution in [2.45, 2.75) is 32.7 Å². The lowest BCUT2D eigenvalue weighted by Gasteiger charge is -2.20. The van der Waals surface area contributed by atoms with Crippen molar-refractivity contribution in [3.63, 3.8) is 0 Å². The van der Waals surface area contributed by atoms with E-state index in [1.807, 2.05) is 45.0 Å². The highest BCUT2D eigenvalue weighted by Crippen LogP contribution is 2.19. The van der Waals surface area contributed by atoms with E-state index >= 15 is 0 Å². The number of aromatic amines is 1. The van der Waals surface area contributed by atoms with E-state index in [2.05, 4.69) is 15.0 Å². The number of nitrogens with one attached hydrogen (secondary N) is 1. The monoisotopic (exact) mass is 350 g/mol. The first-order valence-corrected chi connectivity index (χ1v) is 8.44. The first-order chi connectivity index (χ1) is 12.3. The third kappa shape index (κ3) is 3.49. The average molecular weight is 350 g/mol. The molecule has 0 saturated heterocycles. The molecule has 0 aliphatic carbocycles. The van der Waals surface area contributed by atoms with Crippen LogP contribution < -0.4 is 5.56 Å². The summed E-state index contributed by atoms with van der Waals surface area (Å²) in [6.07, 6.45) is 4.89. The summed E-state index contributed by atoms with van der Waals surface area (Å²) >= 11 is 0. The molecule has 0 radical (unpaired) electrons. The first-order valence-electron chi connectivity index (χ1n) is 8.44. The van der Waals surface area contributed by atoms with Gasteiger partial charge >= 0.3 is 0 Å². The predicted molar refractivity (Wildman–Crippen MR) is 101 cm³/mol. The Kier molecular flexibility index (Phi) is 4.59. The van der Waals surface area contributed by atoms with Crippen molar-refractivity contribution >= 4 is 16.7 Å². The van der Waals surface area contributed by atoms with Crippen molar-refractivity contribution in [1.82, 2.24) is 19.9 Å². The Morgan fingerprint density at radius 1 is 1.19 bits per heavy atom. The molecular weight excluding hydrogens is 328 g/mol. The SMILES string of the molecule is CN(Cc1cccc2cnccc12)C(=O)c1cnc(C(C)(C)C)[nH]c1=O. The van der Waals surface area contributed by atoms with Gasteiger partial charge in [-0.25, -0.2) is 4.98 Å². The Balaban J connectivity index is 1.87. The van der Waals surface area contributed by atoms with E-state index in [9.17, 15) is 9.59 Å². The van der Waals surface area contributed by atoms with Crippen LogP contribution in [0.15, 0.2) is 47.7 Å². The highest BCUT2D eigenvalue weighted by atomic mass is 16.2. The van der Waals surface area contributed by atoms with E-state index in [1.54, 1.807) is 19.4 Å². The summed E-state index contributed by atoms with van der Waals surface area (Å²) in [5.74, 6) is 0.202. The van der Waals surface area contributed by atoms with Crippen molar-refractivity contribution in [3.8, 4) is 0 Å². The quantitative estimate of drug-likeness (QED) is 0.788. The van der Waals surface area contributed by atoms with Crippen LogP contribution >= 0.6 is 0 Å². The van der Waals surface area contributed by atoms with Crippen molar-refractivity contribution in [1.29, 1.82) is 0 Å².